The quantitative estimate of drug-likeness (QED) is 0.470. The summed E-state index contributed by atoms with van der Waals surface area (Å²) in [6.07, 6.45) is -0.0500. The minimum atomic E-state index is -0.0500. The number of nitrogens with zero attached hydrogens (tertiary/aromatic N) is 2. The van der Waals surface area contributed by atoms with Gasteiger partial charge in [0.05, 0.1) is 0 Å². The zero-order valence-electron chi connectivity index (χ0n) is 11.8. The normalized spacial score (nSPS) is 15.6. The van der Waals surface area contributed by atoms with Crippen LogP contribution in [-0.4, -0.2) is 0 Å². The SMILES string of the molecule is [Ir].[c-]1ccccc1C1[N-]c2ccccc2N1c1ccccc1. The fourth-order valence-electron chi connectivity index (χ4n) is 2.74. The molecule has 0 saturated carbocycles. The fourth-order valence-corrected chi connectivity index (χ4v) is 2.74. The number of fused-ring (bicyclic) bond motifs is 1. The molecule has 0 bridgehead atoms. The van der Waals surface area contributed by atoms with Crippen molar-refractivity contribution in [1.29, 1.82) is 0 Å². The maximum absolute atomic E-state index is 4.87. The first-order valence-electron chi connectivity index (χ1n) is 7.04. The maximum Gasteiger partial charge on any atom is 0.0401 e. The van der Waals surface area contributed by atoms with Crippen molar-refractivity contribution in [3.63, 3.8) is 0 Å². The van der Waals surface area contributed by atoms with E-state index >= 15 is 0 Å². The van der Waals surface area contributed by atoms with E-state index in [0.29, 0.717) is 0 Å². The van der Waals surface area contributed by atoms with Gasteiger partial charge >= 0.3 is 0 Å². The number of hydrogen-bond acceptors (Lipinski definition) is 1. The summed E-state index contributed by atoms with van der Waals surface area (Å²) in [4.78, 5) is 2.27. The molecule has 1 heterocycles. The van der Waals surface area contributed by atoms with Crippen LogP contribution in [0, 0.1) is 6.07 Å². The van der Waals surface area contributed by atoms with Crippen molar-refractivity contribution >= 4 is 17.1 Å². The molecule has 1 unspecified atom stereocenters. The summed E-state index contributed by atoms with van der Waals surface area (Å²) in [6, 6.07) is 30.0. The van der Waals surface area contributed by atoms with Crippen molar-refractivity contribution in [3.05, 3.63) is 95.8 Å². The van der Waals surface area contributed by atoms with Crippen molar-refractivity contribution in [1.82, 2.24) is 0 Å². The molecule has 3 heteroatoms. The van der Waals surface area contributed by atoms with Gasteiger partial charge in [0.25, 0.3) is 0 Å². The average Bonchev–Trinajstić information content (AvgIpc) is 2.96. The molecule has 3 aromatic rings. The Kier molecular flexibility index (Phi) is 4.28. The third-order valence-corrected chi connectivity index (χ3v) is 3.69. The molecule has 0 aliphatic carbocycles. The zero-order valence-corrected chi connectivity index (χ0v) is 14.2. The first-order valence-corrected chi connectivity index (χ1v) is 7.04. The second kappa shape index (κ2) is 6.35. The number of rotatable bonds is 2. The van der Waals surface area contributed by atoms with Crippen LogP contribution in [0.2, 0.25) is 0 Å². The van der Waals surface area contributed by atoms with Gasteiger partial charge in [0.1, 0.15) is 0 Å². The summed E-state index contributed by atoms with van der Waals surface area (Å²) < 4.78 is 0. The van der Waals surface area contributed by atoms with E-state index in [9.17, 15) is 0 Å². The van der Waals surface area contributed by atoms with E-state index in [1.807, 2.05) is 30.3 Å². The predicted octanol–water partition coefficient (Wildman–Crippen LogP) is 5.34. The van der Waals surface area contributed by atoms with E-state index in [0.717, 1.165) is 22.6 Å². The van der Waals surface area contributed by atoms with Gasteiger partial charge in [0.15, 0.2) is 0 Å². The minimum Gasteiger partial charge on any atom is -0.661 e. The monoisotopic (exact) mass is 463 g/mol. The summed E-state index contributed by atoms with van der Waals surface area (Å²) in [6.45, 7) is 0. The topological polar surface area (TPSA) is 17.3 Å². The second-order valence-electron chi connectivity index (χ2n) is 5.01. The van der Waals surface area contributed by atoms with Crippen LogP contribution in [0.15, 0.2) is 78.9 Å². The van der Waals surface area contributed by atoms with Gasteiger partial charge in [-0.05, 0) is 24.4 Å². The average molecular weight is 463 g/mol. The van der Waals surface area contributed by atoms with Gasteiger partial charge in [0.2, 0.25) is 0 Å². The summed E-state index contributed by atoms with van der Waals surface area (Å²) >= 11 is 0. The van der Waals surface area contributed by atoms with Gasteiger partial charge < -0.3 is 10.2 Å². The summed E-state index contributed by atoms with van der Waals surface area (Å²) in [5.41, 5.74) is 4.40. The van der Waals surface area contributed by atoms with Crippen LogP contribution in [-0.2, 0) is 20.1 Å². The Bertz CT molecular complexity index is 744. The molecular weight excluding hydrogens is 448 g/mol. The van der Waals surface area contributed by atoms with Crippen molar-refractivity contribution in [2.75, 3.05) is 4.90 Å². The molecule has 2 nitrogen and oxygen atoms in total. The molecule has 0 amide bonds. The minimum absolute atomic E-state index is 0. The first-order chi connectivity index (χ1) is 10.4. The van der Waals surface area contributed by atoms with Crippen LogP contribution in [0.5, 0.6) is 0 Å². The van der Waals surface area contributed by atoms with Gasteiger partial charge in [-0.2, -0.15) is 35.9 Å². The van der Waals surface area contributed by atoms with E-state index in [2.05, 4.69) is 59.5 Å². The number of benzene rings is 3. The van der Waals surface area contributed by atoms with Gasteiger partial charge in [-0.25, -0.2) is 0 Å². The molecule has 0 spiro atoms. The zero-order chi connectivity index (χ0) is 14.1. The molecule has 111 valence electrons. The Balaban J connectivity index is 0.00000144. The molecule has 1 aliphatic rings. The standard InChI is InChI=1S/C19H14N2.Ir/c1-3-9-15(10-4-1)19-20-17-13-7-8-14-18(17)21(19)16-11-5-2-6-12-16;/h1-9,11-14,19H;/q-2;. The molecule has 3 aromatic carbocycles. The Labute approximate surface area is 144 Å². The van der Waals surface area contributed by atoms with E-state index in [-0.39, 0.29) is 26.3 Å². The summed E-state index contributed by atoms with van der Waals surface area (Å²) in [5, 5.41) is 4.87. The first kappa shape index (κ1) is 14.8. The molecule has 0 aromatic heterocycles. The van der Waals surface area contributed by atoms with Crippen molar-refractivity contribution < 1.29 is 20.1 Å². The summed E-state index contributed by atoms with van der Waals surface area (Å²) in [5.74, 6) is 0. The Morgan fingerprint density at radius 2 is 1.55 bits per heavy atom. The largest absolute Gasteiger partial charge is 0.661 e. The van der Waals surface area contributed by atoms with Crippen LogP contribution < -0.4 is 4.90 Å². The van der Waals surface area contributed by atoms with E-state index in [1.165, 1.54) is 0 Å². The number of hydrogen-bond donors (Lipinski definition) is 0. The molecule has 1 radical (unpaired) electrons. The molecule has 0 saturated heterocycles. The van der Waals surface area contributed by atoms with Crippen LogP contribution >= 0.6 is 0 Å². The van der Waals surface area contributed by atoms with Crippen molar-refractivity contribution in [2.45, 2.75) is 6.17 Å². The van der Waals surface area contributed by atoms with Crippen LogP contribution in [0.4, 0.5) is 17.1 Å². The Morgan fingerprint density at radius 1 is 0.818 bits per heavy atom. The van der Waals surface area contributed by atoms with Gasteiger partial charge in [-0.15, -0.1) is 5.69 Å². The fraction of sp³-hybridized carbons (Fsp3) is 0.0526. The molecule has 22 heavy (non-hydrogen) atoms. The predicted molar refractivity (Wildman–Crippen MR) is 86.1 cm³/mol. The second-order valence-corrected chi connectivity index (χ2v) is 5.01. The smallest absolute Gasteiger partial charge is 0.0401 e. The summed E-state index contributed by atoms with van der Waals surface area (Å²) in [7, 11) is 0. The van der Waals surface area contributed by atoms with Gasteiger partial charge in [0, 0.05) is 31.5 Å². The van der Waals surface area contributed by atoms with Crippen LogP contribution in [0.1, 0.15) is 11.7 Å². The molecule has 1 aliphatic heterocycles. The Morgan fingerprint density at radius 3 is 2.32 bits per heavy atom. The van der Waals surface area contributed by atoms with Crippen LogP contribution in [0.3, 0.4) is 0 Å². The van der Waals surface area contributed by atoms with Crippen molar-refractivity contribution in [2.24, 2.45) is 0 Å². The van der Waals surface area contributed by atoms with Crippen LogP contribution in [0.25, 0.3) is 5.32 Å². The molecule has 0 N–H and O–H groups in total. The third kappa shape index (κ3) is 2.54. The molecular formula is C19H14IrN2-2. The molecule has 4 rings (SSSR count). The Hall–Kier alpha value is -2.09. The van der Waals surface area contributed by atoms with Crippen molar-refractivity contribution in [3.8, 4) is 0 Å². The molecule has 0 fully saturated rings. The van der Waals surface area contributed by atoms with E-state index in [4.69, 9.17) is 5.32 Å². The van der Waals surface area contributed by atoms with E-state index in [1.54, 1.807) is 0 Å². The maximum atomic E-state index is 4.87. The number of anilines is 2. The number of para-hydroxylation sites is 3. The third-order valence-electron chi connectivity index (χ3n) is 3.69. The van der Waals surface area contributed by atoms with E-state index < -0.39 is 0 Å². The van der Waals surface area contributed by atoms with Gasteiger partial charge in [-0.1, -0.05) is 36.4 Å². The molecule has 1 atom stereocenters. The van der Waals surface area contributed by atoms with Gasteiger partial charge in [-0.3, -0.25) is 0 Å².